The lowest BCUT2D eigenvalue weighted by molar-refractivity contribution is -0.141. The van der Waals surface area contributed by atoms with Crippen molar-refractivity contribution in [1.29, 1.82) is 0 Å². The van der Waals surface area contributed by atoms with Crippen molar-refractivity contribution in [3.63, 3.8) is 0 Å². The first-order valence-corrected chi connectivity index (χ1v) is 9.20. The normalized spacial score (nSPS) is 11.5. The van der Waals surface area contributed by atoms with E-state index in [2.05, 4.69) is 20.3 Å². The average Bonchev–Trinajstić information content (AvgIpc) is 2.77. The molecule has 0 unspecified atom stereocenters. The predicted molar refractivity (Wildman–Crippen MR) is 108 cm³/mol. The number of fused-ring (bicyclic) bond motifs is 1. The lowest BCUT2D eigenvalue weighted by Crippen LogP contribution is -2.10. The van der Waals surface area contributed by atoms with Gasteiger partial charge in [-0.3, -0.25) is 4.98 Å². The molecule has 1 N–H and O–H groups in total. The van der Waals surface area contributed by atoms with Crippen molar-refractivity contribution in [2.45, 2.75) is 12.7 Å². The van der Waals surface area contributed by atoms with Gasteiger partial charge >= 0.3 is 6.18 Å². The van der Waals surface area contributed by atoms with E-state index in [9.17, 15) is 17.6 Å². The zero-order valence-electron chi connectivity index (χ0n) is 16.2. The first kappa shape index (κ1) is 20.5. The fourth-order valence-corrected chi connectivity index (χ4v) is 3.17. The summed E-state index contributed by atoms with van der Waals surface area (Å²) in [4.78, 5) is 11.9. The zero-order chi connectivity index (χ0) is 22.0. The van der Waals surface area contributed by atoms with Crippen LogP contribution in [0.15, 0.2) is 61.1 Å². The molecule has 4 rings (SSSR count). The van der Waals surface area contributed by atoms with Gasteiger partial charge in [0.2, 0.25) is 0 Å². The van der Waals surface area contributed by atoms with Crippen molar-refractivity contribution >= 4 is 16.7 Å². The van der Waals surface area contributed by atoms with Gasteiger partial charge in [-0.25, -0.2) is 14.4 Å². The number of nitrogens with zero attached hydrogens (tertiary/aromatic N) is 3. The molecule has 0 aliphatic carbocycles. The highest BCUT2D eigenvalue weighted by molar-refractivity contribution is 5.96. The van der Waals surface area contributed by atoms with E-state index in [-0.39, 0.29) is 12.4 Å². The van der Waals surface area contributed by atoms with E-state index in [1.54, 1.807) is 18.2 Å². The van der Waals surface area contributed by atoms with Crippen LogP contribution >= 0.6 is 0 Å². The van der Waals surface area contributed by atoms with Crippen molar-refractivity contribution in [2.75, 3.05) is 12.4 Å². The Balaban J connectivity index is 1.71. The van der Waals surface area contributed by atoms with Gasteiger partial charge in [0.25, 0.3) is 0 Å². The molecule has 0 fully saturated rings. The van der Waals surface area contributed by atoms with E-state index < -0.39 is 11.9 Å². The third-order valence-corrected chi connectivity index (χ3v) is 4.68. The van der Waals surface area contributed by atoms with Gasteiger partial charge in [0.15, 0.2) is 0 Å². The second-order valence-electron chi connectivity index (χ2n) is 6.70. The minimum absolute atomic E-state index is 0.0980. The number of hydrogen-bond acceptors (Lipinski definition) is 5. The number of aromatic nitrogens is 3. The number of pyridine rings is 1. The maximum Gasteiger partial charge on any atom is 0.433 e. The topological polar surface area (TPSA) is 59.9 Å². The molecule has 0 aliphatic rings. The number of rotatable bonds is 5. The smallest absolute Gasteiger partial charge is 0.433 e. The summed E-state index contributed by atoms with van der Waals surface area (Å²) in [5.74, 6) is 0.570. The molecule has 0 bridgehead atoms. The maximum absolute atomic E-state index is 13.3. The van der Waals surface area contributed by atoms with Crippen LogP contribution in [0.3, 0.4) is 0 Å². The minimum Gasteiger partial charge on any atom is -0.494 e. The van der Waals surface area contributed by atoms with Crippen LogP contribution in [0.4, 0.5) is 23.4 Å². The highest BCUT2D eigenvalue weighted by Crippen LogP contribution is 2.34. The molecule has 0 spiro atoms. The maximum atomic E-state index is 13.3. The number of ether oxygens (including phenoxy) is 1. The van der Waals surface area contributed by atoms with Crippen molar-refractivity contribution < 1.29 is 22.3 Å². The van der Waals surface area contributed by atoms with Gasteiger partial charge in [-0.2, -0.15) is 13.2 Å². The lowest BCUT2D eigenvalue weighted by Gasteiger charge is -2.13. The van der Waals surface area contributed by atoms with Crippen molar-refractivity contribution in [1.82, 2.24) is 15.0 Å². The second-order valence-corrected chi connectivity index (χ2v) is 6.70. The molecular formula is C22H16F4N4O. The van der Waals surface area contributed by atoms with E-state index in [0.717, 1.165) is 23.4 Å². The number of halogens is 4. The summed E-state index contributed by atoms with van der Waals surface area (Å²) in [6.45, 7) is 0.0980. The van der Waals surface area contributed by atoms with Gasteiger partial charge in [0.1, 0.15) is 34.9 Å². The molecule has 0 saturated heterocycles. The van der Waals surface area contributed by atoms with Gasteiger partial charge < -0.3 is 10.1 Å². The number of alkyl halides is 3. The van der Waals surface area contributed by atoms with Crippen LogP contribution in [0.5, 0.6) is 5.75 Å². The third kappa shape index (κ3) is 4.40. The Hall–Kier alpha value is -3.75. The number of methoxy groups -OCH3 is 1. The predicted octanol–water partition coefficient (Wildman–Crippen LogP) is 5.47. The summed E-state index contributed by atoms with van der Waals surface area (Å²) in [6.07, 6.45) is -2.05. The summed E-state index contributed by atoms with van der Waals surface area (Å²) in [7, 11) is 1.51. The van der Waals surface area contributed by atoms with Crippen molar-refractivity contribution in [3.05, 3.63) is 78.1 Å². The molecular weight excluding hydrogens is 412 g/mol. The molecule has 0 saturated carbocycles. The summed E-state index contributed by atoms with van der Waals surface area (Å²) in [5.41, 5.74) is 1.50. The van der Waals surface area contributed by atoms with Gasteiger partial charge in [-0.05, 0) is 53.1 Å². The van der Waals surface area contributed by atoms with E-state index in [0.29, 0.717) is 28.0 Å². The van der Waals surface area contributed by atoms with Gasteiger partial charge in [0.05, 0.1) is 7.11 Å². The third-order valence-electron chi connectivity index (χ3n) is 4.68. The van der Waals surface area contributed by atoms with Gasteiger partial charge in [-0.1, -0.05) is 12.1 Å². The first-order valence-electron chi connectivity index (χ1n) is 9.20. The van der Waals surface area contributed by atoms with Gasteiger partial charge in [-0.15, -0.1) is 0 Å². The Labute approximate surface area is 174 Å². The fraction of sp³-hybridized carbons (Fsp3) is 0.136. The van der Waals surface area contributed by atoms with Gasteiger partial charge in [0, 0.05) is 18.1 Å². The van der Waals surface area contributed by atoms with E-state index in [1.165, 1.54) is 31.6 Å². The van der Waals surface area contributed by atoms with Crippen LogP contribution < -0.4 is 10.1 Å². The number of nitrogens with one attached hydrogen (secondary N) is 1. The molecule has 9 heteroatoms. The molecule has 0 radical (unpaired) electrons. The van der Waals surface area contributed by atoms with E-state index in [1.807, 2.05) is 6.07 Å². The Bertz CT molecular complexity index is 1230. The minimum atomic E-state index is -4.52. The summed E-state index contributed by atoms with van der Waals surface area (Å²) >= 11 is 0. The molecule has 0 aliphatic heterocycles. The van der Waals surface area contributed by atoms with Crippen molar-refractivity contribution in [2.24, 2.45) is 0 Å². The Morgan fingerprint density at radius 2 is 1.71 bits per heavy atom. The summed E-state index contributed by atoms with van der Waals surface area (Å²) in [6, 6.07) is 12.1. The summed E-state index contributed by atoms with van der Waals surface area (Å²) in [5, 5.41) is 3.68. The van der Waals surface area contributed by atoms with Crippen LogP contribution in [0.1, 0.15) is 11.3 Å². The lowest BCUT2D eigenvalue weighted by atomic mass is 10.0. The molecule has 5 nitrogen and oxygen atoms in total. The first-order chi connectivity index (χ1) is 14.8. The molecule has 2 aromatic heterocycles. The van der Waals surface area contributed by atoms with E-state index in [4.69, 9.17) is 4.74 Å². The molecule has 2 aromatic carbocycles. The SMILES string of the molecule is COc1cc(-c2ccc(F)cc2)cc2c(NCc3ccnc(C(F)(F)F)c3)ncnc12. The number of anilines is 1. The van der Waals surface area contributed by atoms with Crippen LogP contribution in [-0.4, -0.2) is 22.1 Å². The fourth-order valence-electron chi connectivity index (χ4n) is 3.17. The number of benzene rings is 2. The standard InChI is InChI=1S/C22H16F4N4O/c1-31-18-10-15(14-2-4-16(23)5-3-14)9-17-20(18)29-12-30-21(17)28-11-13-6-7-27-19(8-13)22(24,25)26/h2-10,12H,11H2,1H3,(H,28,29,30). The van der Waals surface area contributed by atoms with Crippen LogP contribution in [0.25, 0.3) is 22.0 Å². The largest absolute Gasteiger partial charge is 0.494 e. The molecule has 2 heterocycles. The van der Waals surface area contributed by atoms with Crippen LogP contribution in [0.2, 0.25) is 0 Å². The molecule has 0 atom stereocenters. The zero-order valence-corrected chi connectivity index (χ0v) is 16.2. The second kappa shape index (κ2) is 8.17. The molecule has 0 amide bonds. The molecule has 158 valence electrons. The number of hydrogen-bond donors (Lipinski definition) is 1. The Morgan fingerprint density at radius 1 is 0.935 bits per heavy atom. The average molecular weight is 428 g/mol. The molecule has 4 aromatic rings. The summed E-state index contributed by atoms with van der Waals surface area (Å²) < 4.78 is 57.5. The monoisotopic (exact) mass is 428 g/mol. The van der Waals surface area contributed by atoms with E-state index >= 15 is 0 Å². The van der Waals surface area contributed by atoms with Crippen LogP contribution in [-0.2, 0) is 12.7 Å². The van der Waals surface area contributed by atoms with Crippen LogP contribution in [0, 0.1) is 5.82 Å². The quantitative estimate of drug-likeness (QED) is 0.427. The van der Waals surface area contributed by atoms with Crippen molar-refractivity contribution in [3.8, 4) is 16.9 Å². The highest BCUT2D eigenvalue weighted by atomic mass is 19.4. The Morgan fingerprint density at radius 3 is 2.42 bits per heavy atom. The highest BCUT2D eigenvalue weighted by Gasteiger charge is 2.32. The molecule has 31 heavy (non-hydrogen) atoms. The Kier molecular flexibility index (Phi) is 5.41.